The van der Waals surface area contributed by atoms with Crippen molar-refractivity contribution >= 4 is 17.3 Å². The lowest BCUT2D eigenvalue weighted by molar-refractivity contribution is -0.138. The molecule has 0 amide bonds. The molecule has 4 N–H and O–H groups in total. The van der Waals surface area contributed by atoms with Crippen LogP contribution in [-0.2, 0) is 4.79 Å². The Labute approximate surface area is 93.3 Å². The lowest BCUT2D eigenvalue weighted by atomic mass is 10.1. The first-order valence-electron chi connectivity index (χ1n) is 4.35. The van der Waals surface area contributed by atoms with Crippen LogP contribution in [0.1, 0.15) is 11.6 Å². The van der Waals surface area contributed by atoms with Crippen molar-refractivity contribution in [3.63, 3.8) is 0 Å². The summed E-state index contributed by atoms with van der Waals surface area (Å²) < 4.78 is 4.94. The van der Waals surface area contributed by atoms with Gasteiger partial charge in [-0.3, -0.25) is 9.59 Å². The molecule has 0 aliphatic rings. The van der Waals surface area contributed by atoms with E-state index < -0.39 is 17.6 Å². The predicted octanol–water partition coefficient (Wildman–Crippen LogP) is 0.781. The molecule has 2 aromatic rings. The zero-order chi connectivity index (χ0) is 11.7. The third-order valence-corrected chi connectivity index (χ3v) is 2.93. The van der Waals surface area contributed by atoms with Crippen LogP contribution in [0.2, 0.25) is 0 Å². The zero-order valence-corrected chi connectivity index (χ0v) is 8.78. The second-order valence-corrected chi connectivity index (χ2v) is 4.02. The molecule has 1 atom stereocenters. The Morgan fingerprint density at radius 3 is 2.94 bits per heavy atom. The fourth-order valence-electron chi connectivity index (χ4n) is 1.31. The van der Waals surface area contributed by atoms with Crippen molar-refractivity contribution in [1.82, 2.24) is 5.16 Å². The van der Waals surface area contributed by atoms with Gasteiger partial charge in [-0.1, -0.05) is 6.07 Å². The Hall–Kier alpha value is -1.86. The van der Waals surface area contributed by atoms with Gasteiger partial charge in [-0.25, -0.2) is 0 Å². The van der Waals surface area contributed by atoms with Crippen LogP contribution in [0.25, 0.3) is 10.6 Å². The minimum absolute atomic E-state index is 0.0602. The van der Waals surface area contributed by atoms with Crippen LogP contribution in [0.4, 0.5) is 0 Å². The number of thiophene rings is 1. The molecule has 0 saturated carbocycles. The highest BCUT2D eigenvalue weighted by Crippen LogP contribution is 2.28. The first kappa shape index (κ1) is 10.7. The number of aromatic amines is 1. The first-order chi connectivity index (χ1) is 7.61. The van der Waals surface area contributed by atoms with E-state index in [4.69, 9.17) is 15.4 Å². The van der Waals surface area contributed by atoms with Gasteiger partial charge in [-0.15, -0.1) is 11.3 Å². The Morgan fingerprint density at radius 1 is 1.62 bits per heavy atom. The molecule has 0 spiro atoms. The molecular formula is C9H8N2O4S. The van der Waals surface area contributed by atoms with E-state index in [1.54, 1.807) is 17.5 Å². The van der Waals surface area contributed by atoms with Gasteiger partial charge in [0.1, 0.15) is 6.04 Å². The van der Waals surface area contributed by atoms with Crippen molar-refractivity contribution in [2.24, 2.45) is 5.73 Å². The number of aliphatic carboxylic acids is 1. The molecule has 0 aliphatic heterocycles. The Balaban J connectivity index is 2.57. The van der Waals surface area contributed by atoms with Gasteiger partial charge < -0.3 is 15.4 Å². The van der Waals surface area contributed by atoms with Crippen LogP contribution >= 0.6 is 11.3 Å². The summed E-state index contributed by atoms with van der Waals surface area (Å²) in [6, 6.07) is 2.09. The summed E-state index contributed by atoms with van der Waals surface area (Å²) in [5.41, 5.74) is 4.74. The van der Waals surface area contributed by atoms with E-state index in [9.17, 15) is 9.59 Å². The highest BCUT2D eigenvalue weighted by molar-refractivity contribution is 7.13. The highest BCUT2D eigenvalue weighted by atomic mass is 32.1. The topological polar surface area (TPSA) is 109 Å². The number of nitrogens with two attached hydrogens (primary N) is 1. The second kappa shape index (κ2) is 3.95. The third-order valence-electron chi connectivity index (χ3n) is 2.06. The number of hydrogen-bond donors (Lipinski definition) is 3. The molecule has 0 bridgehead atoms. The van der Waals surface area contributed by atoms with E-state index >= 15 is 0 Å². The maximum atomic E-state index is 11.4. The van der Waals surface area contributed by atoms with Crippen LogP contribution in [0.3, 0.4) is 0 Å². The van der Waals surface area contributed by atoms with Crippen LogP contribution in [0.5, 0.6) is 0 Å². The number of H-pyrrole nitrogens is 1. The minimum Gasteiger partial charge on any atom is -0.480 e. The highest BCUT2D eigenvalue weighted by Gasteiger charge is 2.26. The molecule has 2 heterocycles. The lowest BCUT2D eigenvalue weighted by Crippen LogP contribution is -2.26. The molecule has 0 aliphatic carbocycles. The second-order valence-electron chi connectivity index (χ2n) is 3.07. The van der Waals surface area contributed by atoms with E-state index in [1.165, 1.54) is 11.3 Å². The lowest BCUT2D eigenvalue weighted by Gasteiger charge is -2.02. The van der Waals surface area contributed by atoms with Crippen molar-refractivity contribution in [1.29, 1.82) is 0 Å². The van der Waals surface area contributed by atoms with E-state index in [1.807, 2.05) is 0 Å². The van der Waals surface area contributed by atoms with Gasteiger partial charge in [-0.2, -0.15) is 5.16 Å². The standard InChI is InChI=1S/C9H8N2O4S/c10-6(9(13)14)5-7(15-11-8(5)12)4-2-1-3-16-4/h1-3,6H,10H2,(H,11,12)(H,13,14). The SMILES string of the molecule is NC(C(=O)O)c1c(-c2cccs2)o[nH]c1=O. The van der Waals surface area contributed by atoms with Crippen molar-refractivity contribution in [3.8, 4) is 10.6 Å². The average molecular weight is 240 g/mol. The van der Waals surface area contributed by atoms with Crippen molar-refractivity contribution in [2.75, 3.05) is 0 Å². The number of carboxylic acids is 1. The van der Waals surface area contributed by atoms with Crippen LogP contribution in [-0.4, -0.2) is 16.2 Å². The van der Waals surface area contributed by atoms with Crippen molar-refractivity contribution < 1.29 is 14.4 Å². The molecule has 1 unspecified atom stereocenters. The number of aromatic nitrogens is 1. The van der Waals surface area contributed by atoms with Gasteiger partial charge in [0.05, 0.1) is 10.4 Å². The predicted molar refractivity (Wildman–Crippen MR) is 57.2 cm³/mol. The Morgan fingerprint density at radius 2 is 2.38 bits per heavy atom. The fourth-order valence-corrected chi connectivity index (χ4v) is 2.03. The Bertz CT molecular complexity index is 554. The number of carbonyl (C=O) groups is 1. The number of rotatable bonds is 3. The zero-order valence-electron chi connectivity index (χ0n) is 7.97. The van der Waals surface area contributed by atoms with Gasteiger partial charge in [0, 0.05) is 0 Å². The van der Waals surface area contributed by atoms with Crippen LogP contribution < -0.4 is 11.3 Å². The van der Waals surface area contributed by atoms with Gasteiger partial charge in [0.15, 0.2) is 5.76 Å². The third kappa shape index (κ3) is 1.66. The molecule has 2 aromatic heterocycles. The summed E-state index contributed by atoms with van der Waals surface area (Å²) in [5, 5.41) is 12.7. The van der Waals surface area contributed by atoms with E-state index in [2.05, 4.69) is 5.16 Å². The molecule has 84 valence electrons. The maximum Gasteiger partial charge on any atom is 0.325 e. The Kier molecular flexibility index (Phi) is 2.63. The molecular weight excluding hydrogens is 232 g/mol. The van der Waals surface area contributed by atoms with Crippen LogP contribution in [0.15, 0.2) is 26.8 Å². The average Bonchev–Trinajstić information content (AvgIpc) is 2.84. The summed E-state index contributed by atoms with van der Waals surface area (Å²) >= 11 is 1.33. The summed E-state index contributed by atoms with van der Waals surface area (Å²) in [5.74, 6) is -1.08. The molecule has 0 radical (unpaired) electrons. The molecule has 16 heavy (non-hydrogen) atoms. The normalized spacial score (nSPS) is 12.6. The fraction of sp³-hybridized carbons (Fsp3) is 0.111. The summed E-state index contributed by atoms with van der Waals surface area (Å²) in [7, 11) is 0. The van der Waals surface area contributed by atoms with Gasteiger partial charge in [0.25, 0.3) is 5.56 Å². The van der Waals surface area contributed by atoms with Gasteiger partial charge in [-0.05, 0) is 11.4 Å². The smallest absolute Gasteiger partial charge is 0.325 e. The molecule has 6 nitrogen and oxygen atoms in total. The molecule has 2 rings (SSSR count). The molecule has 0 saturated heterocycles. The monoisotopic (exact) mass is 240 g/mol. The quantitative estimate of drug-likeness (QED) is 0.734. The number of carboxylic acid groups (broad SMARTS) is 1. The summed E-state index contributed by atoms with van der Waals surface area (Å²) in [6.45, 7) is 0. The van der Waals surface area contributed by atoms with E-state index in [0.29, 0.717) is 4.88 Å². The number of nitrogens with one attached hydrogen (secondary N) is 1. The van der Waals surface area contributed by atoms with Crippen molar-refractivity contribution in [3.05, 3.63) is 33.4 Å². The molecule has 7 heteroatoms. The number of hydrogen-bond acceptors (Lipinski definition) is 5. The minimum atomic E-state index is -1.39. The van der Waals surface area contributed by atoms with Gasteiger partial charge >= 0.3 is 5.97 Å². The van der Waals surface area contributed by atoms with Crippen molar-refractivity contribution in [2.45, 2.75) is 6.04 Å². The van der Waals surface area contributed by atoms with E-state index in [0.717, 1.165) is 0 Å². The van der Waals surface area contributed by atoms with Gasteiger partial charge in [0.2, 0.25) is 0 Å². The summed E-state index contributed by atoms with van der Waals surface area (Å²) in [6.07, 6.45) is 0. The molecule has 0 aromatic carbocycles. The maximum absolute atomic E-state index is 11.4. The molecule has 0 fully saturated rings. The first-order valence-corrected chi connectivity index (χ1v) is 5.23. The summed E-state index contributed by atoms with van der Waals surface area (Å²) in [4.78, 5) is 22.8. The largest absolute Gasteiger partial charge is 0.480 e. The van der Waals surface area contributed by atoms with Crippen LogP contribution in [0, 0.1) is 0 Å². The van der Waals surface area contributed by atoms with E-state index in [-0.39, 0.29) is 11.3 Å².